The molecule has 0 aliphatic rings. The fourth-order valence-corrected chi connectivity index (χ4v) is 2.77. The van der Waals surface area contributed by atoms with E-state index in [1.165, 1.54) is 0 Å². The number of nitrogens with zero attached hydrogens (tertiary/aromatic N) is 1. The lowest BCUT2D eigenvalue weighted by molar-refractivity contribution is -0.128. The van der Waals surface area contributed by atoms with Gasteiger partial charge in [0.1, 0.15) is 5.78 Å². The van der Waals surface area contributed by atoms with Crippen molar-refractivity contribution in [3.63, 3.8) is 0 Å². The fraction of sp³-hybridized carbons (Fsp3) is 0.889. The number of likely N-dealkylation sites (N-methyl/N-ethyl adjacent to an activating group) is 2. The molecule has 0 saturated carbocycles. The molecule has 24 heavy (non-hydrogen) atoms. The van der Waals surface area contributed by atoms with Crippen LogP contribution in [0.4, 0.5) is 0 Å². The highest BCUT2D eigenvalue weighted by molar-refractivity contribution is 5.83. The van der Waals surface area contributed by atoms with E-state index in [1.54, 1.807) is 7.05 Å². The van der Waals surface area contributed by atoms with Crippen molar-refractivity contribution in [2.45, 2.75) is 66.0 Å². The van der Waals surface area contributed by atoms with Crippen LogP contribution in [0.15, 0.2) is 0 Å². The minimum atomic E-state index is -0.223. The highest BCUT2D eigenvalue weighted by Gasteiger charge is 2.25. The van der Waals surface area contributed by atoms with Gasteiger partial charge in [0.15, 0.2) is 0 Å². The van der Waals surface area contributed by atoms with Gasteiger partial charge >= 0.3 is 0 Å². The molecule has 6 heteroatoms. The molecule has 0 aliphatic carbocycles. The van der Waals surface area contributed by atoms with Crippen LogP contribution in [0.2, 0.25) is 0 Å². The van der Waals surface area contributed by atoms with Crippen LogP contribution in [0.25, 0.3) is 0 Å². The van der Waals surface area contributed by atoms with Gasteiger partial charge in [-0.3, -0.25) is 15.0 Å². The van der Waals surface area contributed by atoms with Crippen molar-refractivity contribution in [3.8, 4) is 0 Å². The van der Waals surface area contributed by atoms with E-state index in [1.807, 2.05) is 32.8 Å². The molecule has 142 valence electrons. The minimum absolute atomic E-state index is 0.0258. The van der Waals surface area contributed by atoms with E-state index >= 15 is 0 Å². The zero-order valence-electron chi connectivity index (χ0n) is 16.6. The molecule has 0 aromatic rings. The van der Waals surface area contributed by atoms with E-state index in [-0.39, 0.29) is 23.8 Å². The SMILES string of the molecule is CCC(CC(=O)C(C)NC)C(CC)CN(CC)NC(=O)C(C)NC. The van der Waals surface area contributed by atoms with Gasteiger partial charge in [0.2, 0.25) is 0 Å². The van der Waals surface area contributed by atoms with Crippen LogP contribution >= 0.6 is 0 Å². The van der Waals surface area contributed by atoms with E-state index in [0.717, 1.165) is 25.9 Å². The van der Waals surface area contributed by atoms with Gasteiger partial charge < -0.3 is 10.6 Å². The molecule has 0 heterocycles. The highest BCUT2D eigenvalue weighted by atomic mass is 16.2. The van der Waals surface area contributed by atoms with Crippen LogP contribution in [-0.4, -0.2) is 56.0 Å². The standard InChI is InChI=1S/C18H38N4O2/c1-8-15(11-17(23)13(4)19-6)16(9-2)12-22(10-3)21-18(24)14(5)20-7/h13-16,19-20H,8-12H2,1-7H3,(H,21,24). The van der Waals surface area contributed by atoms with Crippen LogP contribution in [0.3, 0.4) is 0 Å². The summed E-state index contributed by atoms with van der Waals surface area (Å²) >= 11 is 0. The van der Waals surface area contributed by atoms with Gasteiger partial charge in [0.05, 0.1) is 12.1 Å². The number of rotatable bonds is 13. The Morgan fingerprint density at radius 3 is 1.88 bits per heavy atom. The molecule has 4 atom stereocenters. The molecular formula is C18H38N4O2. The lowest BCUT2D eigenvalue weighted by Crippen LogP contribution is -2.51. The number of hydrazine groups is 1. The summed E-state index contributed by atoms with van der Waals surface area (Å²) in [5.74, 6) is 0.958. The van der Waals surface area contributed by atoms with Gasteiger partial charge in [0.25, 0.3) is 5.91 Å². The molecule has 0 bridgehead atoms. The number of amides is 1. The third kappa shape index (κ3) is 7.73. The minimum Gasteiger partial charge on any atom is -0.311 e. The molecule has 0 rings (SSSR count). The molecule has 0 aliphatic heterocycles. The largest absolute Gasteiger partial charge is 0.311 e. The van der Waals surface area contributed by atoms with Crippen molar-refractivity contribution in [1.29, 1.82) is 0 Å². The van der Waals surface area contributed by atoms with Crippen molar-refractivity contribution >= 4 is 11.7 Å². The van der Waals surface area contributed by atoms with E-state index in [0.29, 0.717) is 18.3 Å². The maximum Gasteiger partial charge on any atom is 0.251 e. The molecule has 4 unspecified atom stereocenters. The summed E-state index contributed by atoms with van der Waals surface area (Å²) in [5.41, 5.74) is 2.98. The van der Waals surface area contributed by atoms with Crippen LogP contribution in [0, 0.1) is 11.8 Å². The Morgan fingerprint density at radius 2 is 1.46 bits per heavy atom. The van der Waals surface area contributed by atoms with Crippen LogP contribution in [0.5, 0.6) is 0 Å². The van der Waals surface area contributed by atoms with Crippen molar-refractivity contribution < 1.29 is 9.59 Å². The van der Waals surface area contributed by atoms with Gasteiger partial charge in [-0.05, 0) is 39.8 Å². The topological polar surface area (TPSA) is 73.5 Å². The first-order valence-electron chi connectivity index (χ1n) is 9.26. The first-order valence-corrected chi connectivity index (χ1v) is 9.26. The molecule has 6 nitrogen and oxygen atoms in total. The smallest absolute Gasteiger partial charge is 0.251 e. The number of Topliss-reactive ketones (excluding diaryl/α,β-unsaturated/α-hetero) is 1. The Balaban J connectivity index is 4.82. The number of nitrogens with one attached hydrogen (secondary N) is 3. The van der Waals surface area contributed by atoms with Gasteiger partial charge in [-0.1, -0.05) is 33.6 Å². The average molecular weight is 343 g/mol. The van der Waals surface area contributed by atoms with Gasteiger partial charge in [-0.25, -0.2) is 5.01 Å². The monoisotopic (exact) mass is 342 g/mol. The van der Waals surface area contributed by atoms with Crippen LogP contribution in [0.1, 0.15) is 53.9 Å². The molecule has 0 saturated heterocycles. The lowest BCUT2D eigenvalue weighted by atomic mass is 9.83. The summed E-state index contributed by atoms with van der Waals surface area (Å²) in [6.07, 6.45) is 2.56. The van der Waals surface area contributed by atoms with E-state index in [2.05, 4.69) is 29.9 Å². The summed E-state index contributed by atoms with van der Waals surface area (Å²) in [6, 6.07) is -0.325. The average Bonchev–Trinajstić information content (AvgIpc) is 2.61. The van der Waals surface area contributed by atoms with Gasteiger partial charge in [-0.15, -0.1) is 0 Å². The summed E-state index contributed by atoms with van der Waals surface area (Å²) in [7, 11) is 3.59. The number of ketones is 1. The van der Waals surface area contributed by atoms with Crippen LogP contribution < -0.4 is 16.1 Å². The fourth-order valence-electron chi connectivity index (χ4n) is 2.77. The summed E-state index contributed by atoms with van der Waals surface area (Å²) in [4.78, 5) is 24.4. The first-order chi connectivity index (χ1) is 11.3. The summed E-state index contributed by atoms with van der Waals surface area (Å²) in [5, 5.41) is 7.95. The van der Waals surface area contributed by atoms with E-state index in [9.17, 15) is 9.59 Å². The molecule has 0 fully saturated rings. The Kier molecular flexibility index (Phi) is 11.9. The zero-order chi connectivity index (χ0) is 18.7. The second-order valence-corrected chi connectivity index (χ2v) is 6.54. The van der Waals surface area contributed by atoms with Gasteiger partial charge in [-0.2, -0.15) is 0 Å². The Labute approximate surface area is 148 Å². The van der Waals surface area contributed by atoms with Crippen molar-refractivity contribution in [1.82, 2.24) is 21.1 Å². The Hall–Kier alpha value is -0.980. The quantitative estimate of drug-likeness (QED) is 0.443. The highest BCUT2D eigenvalue weighted by Crippen LogP contribution is 2.24. The van der Waals surface area contributed by atoms with Crippen LogP contribution in [-0.2, 0) is 9.59 Å². The maximum atomic E-state index is 12.3. The number of hydrogen-bond donors (Lipinski definition) is 3. The van der Waals surface area contributed by atoms with Gasteiger partial charge in [0, 0.05) is 19.5 Å². The van der Waals surface area contributed by atoms with Crippen molar-refractivity contribution in [2.24, 2.45) is 11.8 Å². The van der Waals surface area contributed by atoms with E-state index in [4.69, 9.17) is 0 Å². The normalized spacial score (nSPS) is 16.5. The van der Waals surface area contributed by atoms with E-state index < -0.39 is 0 Å². The second kappa shape index (κ2) is 12.4. The number of carbonyl (C=O) groups excluding carboxylic acids is 2. The molecule has 0 spiro atoms. The maximum absolute atomic E-state index is 12.3. The molecule has 0 radical (unpaired) electrons. The summed E-state index contributed by atoms with van der Waals surface area (Å²) < 4.78 is 0. The zero-order valence-corrected chi connectivity index (χ0v) is 16.6. The number of hydrogen-bond acceptors (Lipinski definition) is 5. The third-order valence-electron chi connectivity index (χ3n) is 5.03. The second-order valence-electron chi connectivity index (χ2n) is 6.54. The van der Waals surface area contributed by atoms with Crippen molar-refractivity contribution in [3.05, 3.63) is 0 Å². The molecule has 3 N–H and O–H groups in total. The Morgan fingerprint density at radius 1 is 0.917 bits per heavy atom. The lowest BCUT2D eigenvalue weighted by Gasteiger charge is -2.32. The van der Waals surface area contributed by atoms with Crippen molar-refractivity contribution in [2.75, 3.05) is 27.2 Å². The first kappa shape index (κ1) is 23.0. The molecule has 1 amide bonds. The molecular weight excluding hydrogens is 304 g/mol. The third-order valence-corrected chi connectivity index (χ3v) is 5.03. The molecule has 0 aromatic carbocycles. The predicted molar refractivity (Wildman–Crippen MR) is 99.6 cm³/mol. The Bertz CT molecular complexity index is 376. The molecule has 0 aromatic heterocycles. The summed E-state index contributed by atoms with van der Waals surface area (Å²) in [6.45, 7) is 11.6. The number of carbonyl (C=O) groups is 2. The predicted octanol–water partition coefficient (Wildman–Crippen LogP) is 1.57.